The Labute approximate surface area is 141 Å². The normalized spacial score (nSPS) is 11.7. The lowest BCUT2D eigenvalue weighted by atomic mass is 10.1. The molecule has 0 aliphatic carbocycles. The van der Waals surface area contributed by atoms with Crippen molar-refractivity contribution < 1.29 is 0 Å². The Hall–Kier alpha value is -3.23. The van der Waals surface area contributed by atoms with Crippen LogP contribution in [-0.2, 0) is 0 Å². The molecule has 4 aromatic rings. The van der Waals surface area contributed by atoms with Gasteiger partial charge in [-0.15, -0.1) is 11.3 Å². The van der Waals surface area contributed by atoms with E-state index in [1.807, 2.05) is 48.7 Å². The Morgan fingerprint density at radius 3 is 2.71 bits per heavy atom. The van der Waals surface area contributed by atoms with Crippen LogP contribution in [0, 0.1) is 11.3 Å². The number of H-pyrrole nitrogens is 1. The molecule has 0 spiro atoms. The summed E-state index contributed by atoms with van der Waals surface area (Å²) in [4.78, 5) is 19.5. The van der Waals surface area contributed by atoms with Gasteiger partial charge in [-0.1, -0.05) is 30.3 Å². The van der Waals surface area contributed by atoms with Gasteiger partial charge in [-0.3, -0.25) is 4.79 Å². The highest BCUT2D eigenvalue weighted by Crippen LogP contribution is 2.26. The van der Waals surface area contributed by atoms with E-state index in [-0.39, 0.29) is 5.56 Å². The first-order valence-electron chi connectivity index (χ1n) is 7.34. The molecule has 114 valence electrons. The number of nitriles is 1. The fraction of sp³-hybridized carbons (Fsp3) is 0. The summed E-state index contributed by atoms with van der Waals surface area (Å²) in [6.45, 7) is 0. The van der Waals surface area contributed by atoms with E-state index in [2.05, 4.69) is 16.0 Å². The fourth-order valence-corrected chi connectivity index (χ4v) is 3.60. The quantitative estimate of drug-likeness (QED) is 0.560. The molecule has 2 aromatic heterocycles. The lowest BCUT2D eigenvalue weighted by Crippen LogP contribution is -2.07. The van der Waals surface area contributed by atoms with E-state index in [0.29, 0.717) is 16.0 Å². The van der Waals surface area contributed by atoms with Gasteiger partial charge in [0.1, 0.15) is 11.1 Å². The van der Waals surface area contributed by atoms with Gasteiger partial charge < -0.3 is 4.98 Å². The Morgan fingerprint density at radius 1 is 1.12 bits per heavy atom. The third-order valence-electron chi connectivity index (χ3n) is 3.80. The van der Waals surface area contributed by atoms with E-state index < -0.39 is 0 Å². The number of nitrogens with one attached hydrogen (secondary N) is 1. The molecule has 5 heteroatoms. The SMILES string of the molecule is N#CC(=Cc1c[nH]c2ccccc12)c1nc(=O)c2ccccc2s1. The molecule has 0 radical (unpaired) electrons. The van der Waals surface area contributed by atoms with Gasteiger partial charge in [0.05, 0.1) is 11.0 Å². The summed E-state index contributed by atoms with van der Waals surface area (Å²) in [6.07, 6.45) is 3.62. The molecular formula is C19H11N3OS. The minimum Gasteiger partial charge on any atom is -0.361 e. The predicted octanol–water partition coefficient (Wildman–Crippen LogP) is 4.20. The van der Waals surface area contributed by atoms with Crippen LogP contribution in [0.25, 0.3) is 32.6 Å². The van der Waals surface area contributed by atoms with Gasteiger partial charge in [-0.05, 0) is 24.3 Å². The van der Waals surface area contributed by atoms with Crippen LogP contribution < -0.4 is 5.56 Å². The molecule has 0 saturated heterocycles. The molecule has 0 fully saturated rings. The third-order valence-corrected chi connectivity index (χ3v) is 4.88. The number of aromatic nitrogens is 2. The molecular weight excluding hydrogens is 318 g/mol. The summed E-state index contributed by atoms with van der Waals surface area (Å²) in [7, 11) is 0. The average molecular weight is 329 g/mol. The fourth-order valence-electron chi connectivity index (χ4n) is 2.64. The van der Waals surface area contributed by atoms with Gasteiger partial charge in [0.15, 0.2) is 0 Å². The van der Waals surface area contributed by atoms with E-state index in [1.54, 1.807) is 12.1 Å². The number of nitrogens with zero attached hydrogens (tertiary/aromatic N) is 2. The van der Waals surface area contributed by atoms with Gasteiger partial charge in [0, 0.05) is 27.4 Å². The predicted molar refractivity (Wildman–Crippen MR) is 97.7 cm³/mol. The molecule has 0 amide bonds. The highest BCUT2D eigenvalue weighted by molar-refractivity contribution is 7.19. The van der Waals surface area contributed by atoms with Crippen LogP contribution in [-0.4, -0.2) is 9.97 Å². The summed E-state index contributed by atoms with van der Waals surface area (Å²) in [6, 6.07) is 17.3. The molecule has 1 N–H and O–H groups in total. The van der Waals surface area contributed by atoms with Crippen LogP contribution in [0.2, 0.25) is 0 Å². The Bertz CT molecular complexity index is 1190. The van der Waals surface area contributed by atoms with Gasteiger partial charge in [-0.2, -0.15) is 10.2 Å². The number of hydrogen-bond donors (Lipinski definition) is 1. The van der Waals surface area contributed by atoms with Gasteiger partial charge >= 0.3 is 0 Å². The molecule has 4 nitrogen and oxygen atoms in total. The second kappa shape index (κ2) is 5.76. The van der Waals surface area contributed by atoms with Crippen molar-refractivity contribution in [2.75, 3.05) is 0 Å². The number of fused-ring (bicyclic) bond motifs is 2. The van der Waals surface area contributed by atoms with Gasteiger partial charge in [0.25, 0.3) is 5.56 Å². The monoisotopic (exact) mass is 329 g/mol. The summed E-state index contributed by atoms with van der Waals surface area (Å²) < 4.78 is 0.826. The number of hydrogen-bond acceptors (Lipinski definition) is 4. The number of allylic oxidation sites excluding steroid dienone is 1. The largest absolute Gasteiger partial charge is 0.361 e. The molecule has 0 atom stereocenters. The van der Waals surface area contributed by atoms with Gasteiger partial charge in [-0.25, -0.2) is 0 Å². The van der Waals surface area contributed by atoms with E-state index in [9.17, 15) is 10.1 Å². The summed E-state index contributed by atoms with van der Waals surface area (Å²) in [5, 5.41) is 11.6. The number of rotatable bonds is 2. The lowest BCUT2D eigenvalue weighted by molar-refractivity contribution is 1.28. The van der Waals surface area contributed by atoms with Crippen LogP contribution in [0.4, 0.5) is 0 Å². The lowest BCUT2D eigenvalue weighted by Gasteiger charge is -2.00. The first kappa shape index (κ1) is 14.4. The van der Waals surface area contributed by atoms with Crippen molar-refractivity contribution in [3.63, 3.8) is 0 Å². The number of benzene rings is 2. The molecule has 0 aliphatic heterocycles. The molecule has 4 rings (SSSR count). The summed E-state index contributed by atoms with van der Waals surface area (Å²) in [5.41, 5.74) is 1.98. The van der Waals surface area contributed by atoms with Crippen molar-refractivity contribution in [3.05, 3.63) is 75.7 Å². The number of para-hydroxylation sites is 1. The maximum Gasteiger partial charge on any atom is 0.279 e. The van der Waals surface area contributed by atoms with Gasteiger partial charge in [0.2, 0.25) is 0 Å². The summed E-state index contributed by atoms with van der Waals surface area (Å²) in [5.74, 6) is 0. The molecule has 0 unspecified atom stereocenters. The maximum absolute atomic E-state index is 12.2. The van der Waals surface area contributed by atoms with Crippen molar-refractivity contribution in [1.29, 1.82) is 5.26 Å². The summed E-state index contributed by atoms with van der Waals surface area (Å²) >= 11 is 1.35. The standard InChI is InChI=1S/C19H11N3OS/c20-10-12(9-13-11-21-16-7-3-1-5-14(13)16)19-22-18(23)15-6-2-4-8-17(15)24-19/h1-9,11,21H. The van der Waals surface area contributed by atoms with Crippen molar-refractivity contribution >= 4 is 44.0 Å². The van der Waals surface area contributed by atoms with Crippen molar-refractivity contribution in [2.45, 2.75) is 0 Å². The van der Waals surface area contributed by atoms with E-state index in [4.69, 9.17) is 0 Å². The highest BCUT2D eigenvalue weighted by Gasteiger charge is 2.10. The van der Waals surface area contributed by atoms with Crippen LogP contribution >= 0.6 is 11.3 Å². The van der Waals surface area contributed by atoms with Crippen LogP contribution in [0.3, 0.4) is 0 Å². The molecule has 2 heterocycles. The van der Waals surface area contributed by atoms with E-state index in [0.717, 1.165) is 21.2 Å². The Balaban J connectivity index is 1.90. The zero-order valence-electron chi connectivity index (χ0n) is 12.5. The maximum atomic E-state index is 12.2. The van der Waals surface area contributed by atoms with Crippen LogP contribution in [0.15, 0.2) is 59.5 Å². The van der Waals surface area contributed by atoms with Crippen LogP contribution in [0.5, 0.6) is 0 Å². The van der Waals surface area contributed by atoms with E-state index in [1.165, 1.54) is 11.3 Å². The molecule has 0 saturated carbocycles. The minimum atomic E-state index is -0.306. The number of aromatic amines is 1. The van der Waals surface area contributed by atoms with Crippen LogP contribution in [0.1, 0.15) is 10.6 Å². The van der Waals surface area contributed by atoms with E-state index >= 15 is 0 Å². The minimum absolute atomic E-state index is 0.306. The zero-order valence-corrected chi connectivity index (χ0v) is 13.3. The van der Waals surface area contributed by atoms with Crippen molar-refractivity contribution in [2.24, 2.45) is 0 Å². The second-order valence-electron chi connectivity index (χ2n) is 5.28. The molecule has 2 aromatic carbocycles. The first-order valence-corrected chi connectivity index (χ1v) is 8.16. The second-order valence-corrected chi connectivity index (χ2v) is 6.31. The zero-order chi connectivity index (χ0) is 16.5. The highest BCUT2D eigenvalue weighted by atomic mass is 32.1. The molecule has 0 aliphatic rings. The van der Waals surface area contributed by atoms with Crippen molar-refractivity contribution in [1.82, 2.24) is 9.97 Å². The Kier molecular flexibility index (Phi) is 3.45. The third kappa shape index (κ3) is 2.39. The van der Waals surface area contributed by atoms with Crippen molar-refractivity contribution in [3.8, 4) is 6.07 Å². The smallest absolute Gasteiger partial charge is 0.279 e. The Morgan fingerprint density at radius 2 is 1.88 bits per heavy atom. The first-order chi connectivity index (χ1) is 11.8. The molecule has 0 bridgehead atoms. The molecule has 24 heavy (non-hydrogen) atoms. The average Bonchev–Trinajstić information content (AvgIpc) is 3.02. The topological polar surface area (TPSA) is 69.5 Å².